The molecule has 11 heavy (non-hydrogen) atoms. The van der Waals surface area contributed by atoms with Crippen molar-refractivity contribution in [2.24, 2.45) is 5.73 Å². The number of primary amides is 1. The monoisotopic (exact) mass is 155 g/mol. The van der Waals surface area contributed by atoms with Crippen LogP contribution < -0.4 is 5.73 Å². The van der Waals surface area contributed by atoms with Gasteiger partial charge in [-0.25, -0.2) is 0 Å². The molecule has 0 bridgehead atoms. The highest BCUT2D eigenvalue weighted by molar-refractivity contribution is 5.93. The number of carbonyl (C=O) groups is 1. The van der Waals surface area contributed by atoms with Gasteiger partial charge in [-0.1, -0.05) is 0 Å². The van der Waals surface area contributed by atoms with Crippen molar-refractivity contribution in [3.05, 3.63) is 11.3 Å². The molecule has 0 saturated carbocycles. The van der Waals surface area contributed by atoms with Crippen molar-refractivity contribution in [1.82, 2.24) is 0 Å². The van der Waals surface area contributed by atoms with Crippen LogP contribution in [0, 0.1) is 0 Å². The number of amides is 1. The fourth-order valence-corrected chi connectivity index (χ4v) is 1.46. The lowest BCUT2D eigenvalue weighted by atomic mass is 9.97. The van der Waals surface area contributed by atoms with E-state index in [1.807, 2.05) is 0 Å². The first-order valence-electron chi connectivity index (χ1n) is 3.58. The van der Waals surface area contributed by atoms with Crippen LogP contribution in [0.1, 0.15) is 19.3 Å². The first-order chi connectivity index (χ1) is 5.13. The second kappa shape index (κ2) is 1.76. The number of fused-ring (bicyclic) bond motifs is 1. The van der Waals surface area contributed by atoms with Gasteiger partial charge < -0.3 is 15.6 Å². The van der Waals surface area contributed by atoms with Crippen LogP contribution in [0.15, 0.2) is 11.3 Å². The van der Waals surface area contributed by atoms with Gasteiger partial charge in [0, 0.05) is 6.42 Å². The summed E-state index contributed by atoms with van der Waals surface area (Å²) in [6, 6.07) is 0. The molecular weight excluding hydrogens is 146 g/mol. The molecule has 1 saturated heterocycles. The largest absolute Gasteiger partial charge is 0.452 e. The van der Waals surface area contributed by atoms with Gasteiger partial charge in [-0.3, -0.25) is 4.79 Å². The van der Waals surface area contributed by atoms with Crippen LogP contribution in [0.4, 0.5) is 0 Å². The molecule has 1 aliphatic heterocycles. The minimum atomic E-state index is -1.12. The highest BCUT2D eigenvalue weighted by Crippen LogP contribution is 2.48. The van der Waals surface area contributed by atoms with Crippen LogP contribution in [0.3, 0.4) is 0 Å². The number of hydrogen-bond donors (Lipinski definition) is 2. The molecule has 2 rings (SSSR count). The van der Waals surface area contributed by atoms with Crippen LogP contribution in [0.2, 0.25) is 0 Å². The van der Waals surface area contributed by atoms with Gasteiger partial charge in [0.1, 0.15) is 0 Å². The summed E-state index contributed by atoms with van der Waals surface area (Å²) in [4.78, 5) is 10.7. The summed E-state index contributed by atoms with van der Waals surface area (Å²) in [5.41, 5.74) is 5.51. The number of hydrogen-bond acceptors (Lipinski definition) is 3. The zero-order valence-corrected chi connectivity index (χ0v) is 5.96. The van der Waals surface area contributed by atoms with Gasteiger partial charge in [0.05, 0.1) is 5.57 Å². The van der Waals surface area contributed by atoms with Gasteiger partial charge >= 0.3 is 0 Å². The Hall–Kier alpha value is -1.03. The van der Waals surface area contributed by atoms with Gasteiger partial charge in [0.15, 0.2) is 5.76 Å². The van der Waals surface area contributed by atoms with Crippen LogP contribution in [0.5, 0.6) is 0 Å². The van der Waals surface area contributed by atoms with Gasteiger partial charge in [0.2, 0.25) is 5.91 Å². The first-order valence-corrected chi connectivity index (χ1v) is 3.58. The second-order valence-corrected chi connectivity index (χ2v) is 2.91. The van der Waals surface area contributed by atoms with Gasteiger partial charge in [-0.05, 0) is 12.8 Å². The Bertz CT molecular complexity index is 258. The molecular formula is C7H9NO3. The molecule has 3 N–H and O–H groups in total. The standard InChI is InChI=1S/C7H9NO3/c8-6(9)4-2-1-3-7(10)5(4)11-7/h10H,1-3H2,(H2,8,9). The smallest absolute Gasteiger partial charge is 0.267 e. The van der Waals surface area contributed by atoms with Crippen LogP contribution in [0.25, 0.3) is 0 Å². The van der Waals surface area contributed by atoms with Gasteiger partial charge in [-0.15, -0.1) is 0 Å². The van der Waals surface area contributed by atoms with Crippen molar-refractivity contribution in [3.63, 3.8) is 0 Å². The summed E-state index contributed by atoms with van der Waals surface area (Å²) in [6.07, 6.45) is 1.98. The fourth-order valence-electron chi connectivity index (χ4n) is 1.46. The zero-order valence-electron chi connectivity index (χ0n) is 5.96. The van der Waals surface area contributed by atoms with Crippen molar-refractivity contribution < 1.29 is 14.6 Å². The molecule has 1 aliphatic carbocycles. The number of rotatable bonds is 1. The van der Waals surface area contributed by atoms with Crippen molar-refractivity contribution >= 4 is 5.91 Å². The summed E-state index contributed by atoms with van der Waals surface area (Å²) in [7, 11) is 0. The Kier molecular flexibility index (Phi) is 1.07. The molecule has 0 aromatic rings. The second-order valence-electron chi connectivity index (χ2n) is 2.91. The minimum absolute atomic E-state index is 0.399. The van der Waals surface area contributed by atoms with Crippen molar-refractivity contribution in [3.8, 4) is 0 Å². The Morgan fingerprint density at radius 3 is 3.00 bits per heavy atom. The lowest BCUT2D eigenvalue weighted by molar-refractivity contribution is -0.114. The summed E-state index contributed by atoms with van der Waals surface area (Å²) in [6.45, 7) is 0. The molecule has 1 atom stereocenters. The third kappa shape index (κ3) is 0.826. The van der Waals surface area contributed by atoms with E-state index in [9.17, 15) is 9.90 Å². The molecule has 2 aliphatic rings. The first kappa shape index (κ1) is 6.67. The Balaban J connectivity index is 2.34. The Labute approximate surface area is 63.6 Å². The molecule has 1 heterocycles. The van der Waals surface area contributed by atoms with E-state index in [-0.39, 0.29) is 0 Å². The van der Waals surface area contributed by atoms with Gasteiger partial charge in [0.25, 0.3) is 5.79 Å². The lowest BCUT2D eigenvalue weighted by Crippen LogP contribution is -2.20. The average molecular weight is 155 g/mol. The third-order valence-electron chi connectivity index (χ3n) is 2.10. The van der Waals surface area contributed by atoms with Crippen molar-refractivity contribution in [2.45, 2.75) is 25.0 Å². The molecule has 4 heteroatoms. The third-order valence-corrected chi connectivity index (χ3v) is 2.10. The molecule has 60 valence electrons. The molecule has 0 radical (unpaired) electrons. The topological polar surface area (TPSA) is 75.9 Å². The lowest BCUT2D eigenvalue weighted by Gasteiger charge is -2.07. The maximum atomic E-state index is 10.7. The van der Waals surface area contributed by atoms with E-state index in [2.05, 4.69) is 0 Å². The molecule has 0 aromatic carbocycles. The fraction of sp³-hybridized carbons (Fsp3) is 0.571. The van der Waals surface area contributed by atoms with Crippen molar-refractivity contribution in [2.75, 3.05) is 0 Å². The molecule has 0 spiro atoms. The Morgan fingerprint density at radius 1 is 1.73 bits per heavy atom. The summed E-state index contributed by atoms with van der Waals surface area (Å²) in [5, 5.41) is 9.38. The summed E-state index contributed by atoms with van der Waals surface area (Å²) in [5.74, 6) is -1.20. The van der Waals surface area contributed by atoms with E-state index in [4.69, 9.17) is 10.5 Å². The summed E-state index contributed by atoms with van der Waals surface area (Å²) >= 11 is 0. The Morgan fingerprint density at radius 2 is 2.45 bits per heavy atom. The van der Waals surface area contributed by atoms with Crippen molar-refractivity contribution in [1.29, 1.82) is 0 Å². The number of epoxide rings is 1. The predicted molar refractivity (Wildman–Crippen MR) is 36.1 cm³/mol. The van der Waals surface area contributed by atoms with Crippen LogP contribution >= 0.6 is 0 Å². The highest BCUT2D eigenvalue weighted by Gasteiger charge is 2.55. The minimum Gasteiger partial charge on any atom is -0.452 e. The maximum absolute atomic E-state index is 10.7. The molecule has 4 nitrogen and oxygen atoms in total. The number of carbonyl (C=O) groups excluding carboxylic acids is 1. The van der Waals surface area contributed by atoms with E-state index in [1.54, 1.807) is 0 Å². The van der Waals surface area contributed by atoms with Crippen LogP contribution in [-0.4, -0.2) is 16.8 Å². The van der Waals surface area contributed by atoms with Crippen LogP contribution in [-0.2, 0) is 9.53 Å². The highest BCUT2D eigenvalue weighted by atomic mass is 16.7. The number of aliphatic hydroxyl groups is 1. The van der Waals surface area contributed by atoms with E-state index in [0.29, 0.717) is 24.2 Å². The molecule has 0 aromatic heterocycles. The average Bonchev–Trinajstić information content (AvgIpc) is 2.58. The SMILES string of the molecule is NC(=O)C1=C2OC2(O)CCC1. The molecule has 1 fully saturated rings. The van der Waals surface area contributed by atoms with E-state index < -0.39 is 11.7 Å². The van der Waals surface area contributed by atoms with Gasteiger partial charge in [-0.2, -0.15) is 0 Å². The summed E-state index contributed by atoms with van der Waals surface area (Å²) < 4.78 is 4.87. The normalized spacial score (nSPS) is 34.3. The van der Waals surface area contributed by atoms with E-state index in [0.717, 1.165) is 6.42 Å². The van der Waals surface area contributed by atoms with E-state index in [1.165, 1.54) is 0 Å². The zero-order chi connectivity index (χ0) is 8.06. The molecule has 1 amide bonds. The molecule has 1 unspecified atom stereocenters. The maximum Gasteiger partial charge on any atom is 0.267 e. The number of ether oxygens (including phenoxy) is 1. The number of nitrogens with two attached hydrogens (primary N) is 1. The quantitative estimate of drug-likeness (QED) is 0.507. The predicted octanol–water partition coefficient (Wildman–Crippen LogP) is -0.372. The van der Waals surface area contributed by atoms with E-state index >= 15 is 0 Å².